The van der Waals surface area contributed by atoms with Gasteiger partial charge in [0.25, 0.3) is 0 Å². The van der Waals surface area contributed by atoms with Gasteiger partial charge in [0.2, 0.25) is 0 Å². The Morgan fingerprint density at radius 2 is 2.20 bits per heavy atom. The van der Waals surface area contributed by atoms with Gasteiger partial charge in [-0.25, -0.2) is 9.67 Å². The van der Waals surface area contributed by atoms with Crippen LogP contribution >= 0.6 is 0 Å². The first-order valence-electron chi connectivity index (χ1n) is 7.02. The summed E-state index contributed by atoms with van der Waals surface area (Å²) in [5.74, 6) is 2.37. The van der Waals surface area contributed by atoms with E-state index >= 15 is 0 Å². The van der Waals surface area contributed by atoms with Crippen LogP contribution in [0.15, 0.2) is 30.6 Å². The van der Waals surface area contributed by atoms with Crippen LogP contribution in [0.5, 0.6) is 5.75 Å². The van der Waals surface area contributed by atoms with Crippen molar-refractivity contribution in [2.24, 2.45) is 5.92 Å². The molecule has 1 N–H and O–H groups in total. The molecule has 0 atom stereocenters. The van der Waals surface area contributed by atoms with E-state index in [2.05, 4.69) is 29.2 Å². The zero-order valence-corrected chi connectivity index (χ0v) is 12.3. The first-order chi connectivity index (χ1) is 9.69. The molecule has 5 heteroatoms. The molecule has 0 unspecified atom stereocenters. The lowest BCUT2D eigenvalue weighted by molar-refractivity contribution is 0.340. The topological polar surface area (TPSA) is 52.0 Å². The molecule has 2 aromatic rings. The number of rotatable bonds is 7. The molecule has 1 aromatic heterocycles. The van der Waals surface area contributed by atoms with Gasteiger partial charge in [-0.2, -0.15) is 5.10 Å². The molecule has 0 radical (unpaired) electrons. The Kier molecular flexibility index (Phi) is 4.98. The van der Waals surface area contributed by atoms with Crippen LogP contribution in [0, 0.1) is 5.92 Å². The number of ether oxygens (including phenoxy) is 1. The number of nitrogens with one attached hydrogen (secondary N) is 1. The number of aromatic nitrogens is 3. The molecule has 0 saturated carbocycles. The van der Waals surface area contributed by atoms with Gasteiger partial charge in [-0.3, -0.25) is 0 Å². The maximum Gasteiger partial charge on any atom is 0.146 e. The Labute approximate surface area is 120 Å². The second-order valence-electron chi connectivity index (χ2n) is 5.07. The molecule has 1 heterocycles. The van der Waals surface area contributed by atoms with Crippen LogP contribution in [0.2, 0.25) is 0 Å². The number of hydrogen-bond acceptors (Lipinski definition) is 4. The van der Waals surface area contributed by atoms with E-state index in [0.717, 1.165) is 23.8 Å². The van der Waals surface area contributed by atoms with E-state index in [-0.39, 0.29) is 0 Å². The molecular weight excluding hydrogens is 252 g/mol. The first-order valence-corrected chi connectivity index (χ1v) is 7.02. The predicted molar refractivity (Wildman–Crippen MR) is 79.8 cm³/mol. The highest BCUT2D eigenvalue weighted by Crippen LogP contribution is 2.17. The fraction of sp³-hybridized carbons (Fsp3) is 0.467. The van der Waals surface area contributed by atoms with Crippen LogP contribution < -0.4 is 10.1 Å². The van der Waals surface area contributed by atoms with Crippen molar-refractivity contribution >= 4 is 5.69 Å². The average Bonchev–Trinajstić information content (AvgIpc) is 2.84. The molecule has 5 nitrogen and oxygen atoms in total. The summed E-state index contributed by atoms with van der Waals surface area (Å²) in [7, 11) is 0. The normalized spacial score (nSPS) is 10.8. The Bertz CT molecular complexity index is 536. The lowest BCUT2D eigenvalue weighted by Crippen LogP contribution is -2.13. The van der Waals surface area contributed by atoms with E-state index in [0.29, 0.717) is 19.1 Å². The summed E-state index contributed by atoms with van der Waals surface area (Å²) < 4.78 is 7.44. The molecule has 0 fully saturated rings. The van der Waals surface area contributed by atoms with Gasteiger partial charge in [-0.1, -0.05) is 19.9 Å². The Morgan fingerprint density at radius 1 is 1.35 bits per heavy atom. The third kappa shape index (κ3) is 3.98. The third-order valence-electron chi connectivity index (χ3n) is 2.83. The molecule has 0 saturated heterocycles. The summed E-state index contributed by atoms with van der Waals surface area (Å²) in [4.78, 5) is 4.30. The molecular formula is C15H22N4O. The monoisotopic (exact) mass is 274 g/mol. The van der Waals surface area contributed by atoms with Crippen molar-refractivity contribution in [3.8, 4) is 5.75 Å². The third-order valence-corrected chi connectivity index (χ3v) is 2.83. The van der Waals surface area contributed by atoms with Crippen LogP contribution in [0.4, 0.5) is 5.69 Å². The summed E-state index contributed by atoms with van der Waals surface area (Å²) in [5.41, 5.74) is 1.02. The highest BCUT2D eigenvalue weighted by Gasteiger charge is 2.06. The highest BCUT2D eigenvalue weighted by molar-refractivity contribution is 5.48. The smallest absolute Gasteiger partial charge is 0.146 e. The van der Waals surface area contributed by atoms with E-state index in [4.69, 9.17) is 4.74 Å². The van der Waals surface area contributed by atoms with Crippen molar-refractivity contribution < 1.29 is 4.74 Å². The summed E-state index contributed by atoms with van der Waals surface area (Å²) >= 11 is 0. The van der Waals surface area contributed by atoms with Crippen LogP contribution in [0.3, 0.4) is 0 Å². The van der Waals surface area contributed by atoms with Gasteiger partial charge in [-0.15, -0.1) is 0 Å². The molecule has 1 aromatic carbocycles. The van der Waals surface area contributed by atoms with Crippen molar-refractivity contribution in [2.45, 2.75) is 33.9 Å². The standard InChI is InChI=1S/C15H22N4O/c1-4-20-14-7-5-6-13(8-14)16-9-15-17-11-18-19(15)10-12(2)3/h5-8,11-12,16H,4,9-10H2,1-3H3. The van der Waals surface area contributed by atoms with E-state index in [1.165, 1.54) is 0 Å². The van der Waals surface area contributed by atoms with Crippen LogP contribution in [0.25, 0.3) is 0 Å². The number of hydrogen-bond donors (Lipinski definition) is 1. The number of anilines is 1. The lowest BCUT2D eigenvalue weighted by Gasteiger charge is -2.11. The van der Waals surface area contributed by atoms with E-state index in [1.54, 1.807) is 6.33 Å². The maximum absolute atomic E-state index is 5.49. The maximum atomic E-state index is 5.49. The minimum atomic E-state index is 0.553. The van der Waals surface area contributed by atoms with E-state index < -0.39 is 0 Å². The first kappa shape index (κ1) is 14.4. The Morgan fingerprint density at radius 3 is 2.95 bits per heavy atom. The van der Waals surface area contributed by atoms with Crippen LogP contribution in [-0.2, 0) is 13.1 Å². The Balaban J connectivity index is 1.98. The second kappa shape index (κ2) is 6.93. The van der Waals surface area contributed by atoms with Crippen molar-refractivity contribution in [2.75, 3.05) is 11.9 Å². The zero-order valence-electron chi connectivity index (χ0n) is 12.3. The summed E-state index contributed by atoms with van der Waals surface area (Å²) in [6, 6.07) is 7.94. The largest absolute Gasteiger partial charge is 0.494 e. The summed E-state index contributed by atoms with van der Waals surface area (Å²) in [6.07, 6.45) is 1.61. The van der Waals surface area contributed by atoms with Gasteiger partial charge in [0.1, 0.15) is 17.9 Å². The van der Waals surface area contributed by atoms with Gasteiger partial charge in [0.05, 0.1) is 13.2 Å². The molecule has 0 aliphatic carbocycles. The quantitative estimate of drug-likeness (QED) is 0.843. The molecule has 0 spiro atoms. The fourth-order valence-corrected chi connectivity index (χ4v) is 1.97. The molecule has 0 aliphatic heterocycles. The van der Waals surface area contributed by atoms with Crippen LogP contribution in [0.1, 0.15) is 26.6 Å². The van der Waals surface area contributed by atoms with Crippen molar-refractivity contribution in [1.29, 1.82) is 0 Å². The SMILES string of the molecule is CCOc1cccc(NCc2ncnn2CC(C)C)c1. The van der Waals surface area contributed by atoms with Crippen molar-refractivity contribution in [3.63, 3.8) is 0 Å². The van der Waals surface area contributed by atoms with Gasteiger partial charge < -0.3 is 10.1 Å². The summed E-state index contributed by atoms with van der Waals surface area (Å²) in [5, 5.41) is 7.61. The molecule has 0 amide bonds. The number of benzene rings is 1. The van der Waals surface area contributed by atoms with Gasteiger partial charge in [0.15, 0.2) is 0 Å². The molecule has 108 valence electrons. The van der Waals surface area contributed by atoms with Crippen LogP contribution in [-0.4, -0.2) is 21.4 Å². The predicted octanol–water partition coefficient (Wildman–Crippen LogP) is 2.94. The summed E-state index contributed by atoms with van der Waals surface area (Å²) in [6.45, 7) is 8.54. The van der Waals surface area contributed by atoms with E-state index in [9.17, 15) is 0 Å². The van der Waals surface area contributed by atoms with E-state index in [1.807, 2.05) is 35.9 Å². The van der Waals surface area contributed by atoms with Crippen molar-refractivity contribution in [3.05, 3.63) is 36.4 Å². The highest BCUT2D eigenvalue weighted by atomic mass is 16.5. The average molecular weight is 274 g/mol. The molecule has 20 heavy (non-hydrogen) atoms. The molecule has 0 aliphatic rings. The van der Waals surface area contributed by atoms with Crippen molar-refractivity contribution in [1.82, 2.24) is 14.8 Å². The van der Waals surface area contributed by atoms with Gasteiger partial charge in [0, 0.05) is 18.3 Å². The minimum absolute atomic E-state index is 0.553. The zero-order chi connectivity index (χ0) is 14.4. The molecule has 0 bridgehead atoms. The van der Waals surface area contributed by atoms with Gasteiger partial charge in [-0.05, 0) is 25.0 Å². The fourth-order valence-electron chi connectivity index (χ4n) is 1.97. The number of nitrogens with zero attached hydrogens (tertiary/aromatic N) is 3. The second-order valence-corrected chi connectivity index (χ2v) is 5.07. The minimum Gasteiger partial charge on any atom is -0.494 e. The lowest BCUT2D eigenvalue weighted by atomic mass is 10.2. The Hall–Kier alpha value is -2.04. The molecule has 2 rings (SSSR count). The van der Waals surface area contributed by atoms with Gasteiger partial charge >= 0.3 is 0 Å².